The number of aliphatic hydroxyl groups is 1. The van der Waals surface area contributed by atoms with Crippen LogP contribution in [-0.4, -0.2) is 41.9 Å². The molecule has 8 heteroatoms. The number of nitrogens with zero attached hydrogens (tertiary/aromatic N) is 1. The Labute approximate surface area is 144 Å². The minimum absolute atomic E-state index is 0. The number of rotatable bonds is 4. The predicted octanol–water partition coefficient (Wildman–Crippen LogP) is 1.73. The van der Waals surface area contributed by atoms with Crippen molar-refractivity contribution in [1.29, 1.82) is 0 Å². The smallest absolute Gasteiger partial charge is 0.289 e. The monoisotopic (exact) mass is 357 g/mol. The van der Waals surface area contributed by atoms with Gasteiger partial charge in [0.15, 0.2) is 0 Å². The highest BCUT2D eigenvalue weighted by Gasteiger charge is 2.25. The van der Waals surface area contributed by atoms with Gasteiger partial charge in [0.25, 0.3) is 5.91 Å². The summed E-state index contributed by atoms with van der Waals surface area (Å²) in [5, 5.41) is 20.0. The summed E-state index contributed by atoms with van der Waals surface area (Å²) in [7, 11) is 0. The number of aromatic nitrogens is 1. The number of hydrogen-bond donors (Lipinski definition) is 3. The van der Waals surface area contributed by atoms with Crippen molar-refractivity contribution in [2.24, 2.45) is 5.92 Å². The lowest BCUT2D eigenvalue weighted by atomic mass is 10.1. The molecule has 1 aliphatic heterocycles. The largest absolute Gasteiger partial charge is 0.391 e. The third kappa shape index (κ3) is 4.23. The van der Waals surface area contributed by atoms with Gasteiger partial charge >= 0.3 is 0 Å². The summed E-state index contributed by atoms with van der Waals surface area (Å²) in [6.45, 7) is 1.63. The Morgan fingerprint density at radius 2 is 2.26 bits per heavy atom. The number of hydrogen-bond acceptors (Lipinski definition) is 5. The lowest BCUT2D eigenvalue weighted by molar-refractivity contribution is 0.0891. The van der Waals surface area contributed by atoms with E-state index in [9.17, 15) is 9.90 Å². The second-order valence-electron chi connectivity index (χ2n) is 5.28. The van der Waals surface area contributed by atoms with Crippen LogP contribution in [0.15, 0.2) is 34.9 Å². The van der Waals surface area contributed by atoms with Crippen molar-refractivity contribution in [2.45, 2.75) is 6.10 Å². The number of carbonyl (C=O) groups is 1. The molecule has 2 aromatic rings. The summed E-state index contributed by atoms with van der Waals surface area (Å²) in [5.74, 6) is -0.199. The minimum atomic E-state index is -0.433. The van der Waals surface area contributed by atoms with E-state index < -0.39 is 6.10 Å². The number of carbonyl (C=O) groups excluding carboxylic acids is 1. The number of nitrogens with one attached hydrogen (secondary N) is 2. The molecule has 1 saturated heterocycles. The van der Waals surface area contributed by atoms with Gasteiger partial charge in [0.05, 0.1) is 6.10 Å². The van der Waals surface area contributed by atoms with Gasteiger partial charge in [0.1, 0.15) is 5.69 Å². The molecule has 1 amide bonds. The maximum absolute atomic E-state index is 12.0. The fraction of sp³-hybridized carbons (Fsp3) is 0.333. The van der Waals surface area contributed by atoms with Gasteiger partial charge in [-0.1, -0.05) is 28.9 Å². The third-order valence-electron chi connectivity index (χ3n) is 3.68. The number of amides is 1. The molecule has 2 heterocycles. The number of β-amino-alcohol motifs (C(OH)–C–C–N with tert-alkyl or cyclic N) is 1. The summed E-state index contributed by atoms with van der Waals surface area (Å²) in [5.41, 5.74) is 1.33. The van der Waals surface area contributed by atoms with Gasteiger partial charge in [-0.2, -0.15) is 0 Å². The highest BCUT2D eigenvalue weighted by Crippen LogP contribution is 2.22. The minimum Gasteiger partial charge on any atom is -0.391 e. The molecule has 124 valence electrons. The van der Waals surface area contributed by atoms with Gasteiger partial charge in [-0.05, 0) is 12.1 Å². The van der Waals surface area contributed by atoms with Crippen molar-refractivity contribution in [2.75, 3.05) is 19.6 Å². The first kappa shape index (κ1) is 17.7. The summed E-state index contributed by atoms with van der Waals surface area (Å²) in [6, 6.07) is 8.73. The Balaban J connectivity index is 0.00000192. The summed E-state index contributed by atoms with van der Waals surface area (Å²) < 4.78 is 5.08. The van der Waals surface area contributed by atoms with Crippen LogP contribution in [-0.2, 0) is 0 Å². The zero-order valence-electron chi connectivity index (χ0n) is 12.2. The average molecular weight is 358 g/mol. The fourth-order valence-electron chi connectivity index (χ4n) is 2.40. The van der Waals surface area contributed by atoms with E-state index in [0.29, 0.717) is 30.4 Å². The standard InChI is InChI=1S/C15H16ClN3O3.ClH/c16-11-3-1-2-9(4-11)12-5-14(22-19-12)15(21)18-7-10-6-17-8-13(10)20;/h1-5,10,13,17,20H,6-8H2,(H,18,21);1H. The van der Waals surface area contributed by atoms with Gasteiger partial charge < -0.3 is 20.3 Å². The third-order valence-corrected chi connectivity index (χ3v) is 3.92. The van der Waals surface area contributed by atoms with Crippen molar-refractivity contribution >= 4 is 29.9 Å². The van der Waals surface area contributed by atoms with Crippen LogP contribution < -0.4 is 10.6 Å². The number of halogens is 2. The van der Waals surface area contributed by atoms with Crippen LogP contribution in [0.25, 0.3) is 11.3 Å². The molecule has 1 aliphatic rings. The first-order valence-electron chi connectivity index (χ1n) is 7.03. The number of aliphatic hydroxyl groups excluding tert-OH is 1. The van der Waals surface area contributed by atoms with E-state index in [0.717, 1.165) is 5.56 Å². The summed E-state index contributed by atoms with van der Waals surface area (Å²) in [6.07, 6.45) is -0.433. The lowest BCUT2D eigenvalue weighted by Crippen LogP contribution is -2.34. The summed E-state index contributed by atoms with van der Waals surface area (Å²) >= 11 is 5.93. The first-order chi connectivity index (χ1) is 10.6. The highest BCUT2D eigenvalue weighted by atomic mass is 35.5. The molecule has 6 nitrogen and oxygen atoms in total. The van der Waals surface area contributed by atoms with E-state index in [1.54, 1.807) is 24.3 Å². The molecular weight excluding hydrogens is 341 g/mol. The van der Waals surface area contributed by atoms with Crippen LogP contribution in [0.2, 0.25) is 5.02 Å². The van der Waals surface area contributed by atoms with Crippen molar-refractivity contribution in [3.8, 4) is 11.3 Å². The van der Waals surface area contributed by atoms with E-state index in [1.165, 1.54) is 0 Å². The molecule has 0 saturated carbocycles. The van der Waals surface area contributed by atoms with Crippen molar-refractivity contribution in [3.05, 3.63) is 41.1 Å². The van der Waals surface area contributed by atoms with E-state index in [2.05, 4.69) is 15.8 Å². The maximum atomic E-state index is 12.0. The van der Waals surface area contributed by atoms with Crippen LogP contribution >= 0.6 is 24.0 Å². The molecule has 3 N–H and O–H groups in total. The number of benzene rings is 1. The second kappa shape index (κ2) is 7.79. The average Bonchev–Trinajstić information content (AvgIpc) is 3.14. The Kier molecular flexibility index (Phi) is 6.01. The van der Waals surface area contributed by atoms with Crippen LogP contribution in [0.4, 0.5) is 0 Å². The predicted molar refractivity (Wildman–Crippen MR) is 88.9 cm³/mol. The topological polar surface area (TPSA) is 87.4 Å². The van der Waals surface area contributed by atoms with Gasteiger partial charge in [0, 0.05) is 42.2 Å². The van der Waals surface area contributed by atoms with Crippen LogP contribution in [0.1, 0.15) is 10.6 Å². The van der Waals surface area contributed by atoms with E-state index in [4.69, 9.17) is 16.1 Å². The molecule has 0 aliphatic carbocycles. The fourth-order valence-corrected chi connectivity index (χ4v) is 2.59. The van der Waals surface area contributed by atoms with Gasteiger partial charge in [0.2, 0.25) is 5.76 Å². The Morgan fingerprint density at radius 3 is 2.96 bits per heavy atom. The molecule has 23 heavy (non-hydrogen) atoms. The van der Waals surface area contributed by atoms with E-state index >= 15 is 0 Å². The maximum Gasteiger partial charge on any atom is 0.289 e. The molecule has 1 aromatic heterocycles. The summed E-state index contributed by atoms with van der Waals surface area (Å²) in [4.78, 5) is 12.0. The molecule has 3 rings (SSSR count). The van der Waals surface area contributed by atoms with E-state index in [-0.39, 0.29) is 30.0 Å². The zero-order valence-corrected chi connectivity index (χ0v) is 13.7. The molecule has 2 atom stereocenters. The molecule has 0 bridgehead atoms. The van der Waals surface area contributed by atoms with E-state index in [1.807, 2.05) is 6.07 Å². The molecule has 1 fully saturated rings. The van der Waals surface area contributed by atoms with Crippen molar-refractivity contribution < 1.29 is 14.4 Å². The molecule has 0 radical (unpaired) electrons. The normalized spacial score (nSPS) is 20.1. The highest BCUT2D eigenvalue weighted by molar-refractivity contribution is 6.30. The Hall–Kier alpha value is -1.60. The zero-order chi connectivity index (χ0) is 15.5. The van der Waals surface area contributed by atoms with Crippen LogP contribution in [0.5, 0.6) is 0 Å². The molecule has 1 aromatic carbocycles. The SMILES string of the molecule is Cl.O=C(NCC1CNCC1O)c1cc(-c2cccc(Cl)c2)no1. The van der Waals surface area contributed by atoms with Gasteiger partial charge in [-0.15, -0.1) is 12.4 Å². The van der Waals surface area contributed by atoms with Crippen molar-refractivity contribution in [1.82, 2.24) is 15.8 Å². The lowest BCUT2D eigenvalue weighted by Gasteiger charge is -2.12. The quantitative estimate of drug-likeness (QED) is 0.775. The van der Waals surface area contributed by atoms with Crippen LogP contribution in [0, 0.1) is 5.92 Å². The van der Waals surface area contributed by atoms with Crippen LogP contribution in [0.3, 0.4) is 0 Å². The van der Waals surface area contributed by atoms with Gasteiger partial charge in [-0.3, -0.25) is 4.79 Å². The second-order valence-corrected chi connectivity index (χ2v) is 5.72. The molecular formula is C15H17Cl2N3O3. The Bertz CT molecular complexity index is 677. The van der Waals surface area contributed by atoms with Crippen molar-refractivity contribution in [3.63, 3.8) is 0 Å². The molecule has 2 unspecified atom stereocenters. The first-order valence-corrected chi connectivity index (χ1v) is 7.41. The molecule has 0 spiro atoms. The Morgan fingerprint density at radius 1 is 1.43 bits per heavy atom. The van der Waals surface area contributed by atoms with Gasteiger partial charge in [-0.25, -0.2) is 0 Å².